The van der Waals surface area contributed by atoms with E-state index in [1.54, 1.807) is 0 Å². The Balaban J connectivity index is 1.43. The number of likely N-dealkylation sites (tertiary alicyclic amines) is 1. The minimum atomic E-state index is -0.144. The SMILES string of the molecule is CC(C)c1ccc2c(c1)CN(C(=O)C1CC(=O)N(C3CCCCC3)C1)CC2. The van der Waals surface area contributed by atoms with Gasteiger partial charge in [-0.3, -0.25) is 9.59 Å². The van der Waals surface area contributed by atoms with Crippen molar-refractivity contribution in [3.63, 3.8) is 0 Å². The standard InChI is InChI=1S/C23H32N2O2/c1-16(2)18-9-8-17-10-11-24(14-19(17)12-18)23(27)20-13-22(26)25(15-20)21-6-4-3-5-7-21/h8-9,12,16,20-21H,3-7,10-11,13-15H2,1-2H3. The Morgan fingerprint density at radius 2 is 1.89 bits per heavy atom. The molecule has 4 heteroatoms. The molecular weight excluding hydrogens is 336 g/mol. The van der Waals surface area contributed by atoms with Gasteiger partial charge in [-0.05, 0) is 41.9 Å². The summed E-state index contributed by atoms with van der Waals surface area (Å²) in [7, 11) is 0. The summed E-state index contributed by atoms with van der Waals surface area (Å²) in [6.45, 7) is 6.52. The maximum absolute atomic E-state index is 13.1. The summed E-state index contributed by atoms with van der Waals surface area (Å²) in [6.07, 6.45) is 7.27. The van der Waals surface area contributed by atoms with Crippen molar-refractivity contribution in [3.05, 3.63) is 34.9 Å². The molecule has 0 spiro atoms. The number of nitrogens with zero attached hydrogens (tertiary/aromatic N) is 2. The third kappa shape index (κ3) is 3.76. The summed E-state index contributed by atoms with van der Waals surface area (Å²) in [5.41, 5.74) is 3.99. The lowest BCUT2D eigenvalue weighted by Crippen LogP contribution is -2.42. The van der Waals surface area contributed by atoms with Crippen LogP contribution in [0.2, 0.25) is 0 Å². The molecule has 0 bridgehead atoms. The zero-order valence-electron chi connectivity index (χ0n) is 16.7. The van der Waals surface area contributed by atoms with Crippen LogP contribution in [0.25, 0.3) is 0 Å². The molecule has 0 radical (unpaired) electrons. The van der Waals surface area contributed by atoms with Crippen molar-refractivity contribution < 1.29 is 9.59 Å². The van der Waals surface area contributed by atoms with Crippen LogP contribution in [0, 0.1) is 5.92 Å². The highest BCUT2D eigenvalue weighted by Crippen LogP contribution is 2.31. The molecule has 146 valence electrons. The largest absolute Gasteiger partial charge is 0.339 e. The van der Waals surface area contributed by atoms with Crippen molar-refractivity contribution in [3.8, 4) is 0 Å². The highest BCUT2D eigenvalue weighted by Gasteiger charge is 2.40. The first-order chi connectivity index (χ1) is 13.0. The lowest BCUT2D eigenvalue weighted by atomic mass is 9.92. The lowest BCUT2D eigenvalue weighted by molar-refractivity contribution is -0.136. The van der Waals surface area contributed by atoms with E-state index in [4.69, 9.17) is 0 Å². The third-order valence-corrected chi connectivity index (χ3v) is 6.74. The molecule has 1 unspecified atom stereocenters. The first kappa shape index (κ1) is 18.5. The second-order valence-electron chi connectivity index (χ2n) is 8.93. The number of amides is 2. The zero-order chi connectivity index (χ0) is 19.0. The number of benzene rings is 1. The van der Waals surface area contributed by atoms with E-state index in [0.717, 1.165) is 25.8 Å². The van der Waals surface area contributed by atoms with Gasteiger partial charge in [-0.1, -0.05) is 51.3 Å². The maximum Gasteiger partial charge on any atom is 0.228 e. The molecular formula is C23H32N2O2. The summed E-state index contributed by atoms with van der Waals surface area (Å²) in [6, 6.07) is 7.10. The molecule has 1 saturated heterocycles. The van der Waals surface area contributed by atoms with Crippen molar-refractivity contribution >= 4 is 11.8 Å². The third-order valence-electron chi connectivity index (χ3n) is 6.74. The molecule has 1 saturated carbocycles. The van der Waals surface area contributed by atoms with Crippen LogP contribution in [0.15, 0.2) is 18.2 Å². The molecule has 2 heterocycles. The average molecular weight is 369 g/mol. The molecule has 1 aromatic carbocycles. The summed E-state index contributed by atoms with van der Waals surface area (Å²) < 4.78 is 0. The van der Waals surface area contributed by atoms with Gasteiger partial charge >= 0.3 is 0 Å². The molecule has 3 aliphatic rings. The Hall–Kier alpha value is -1.84. The van der Waals surface area contributed by atoms with Crippen LogP contribution in [-0.2, 0) is 22.6 Å². The Morgan fingerprint density at radius 1 is 1.11 bits per heavy atom. The predicted molar refractivity (Wildman–Crippen MR) is 106 cm³/mol. The minimum Gasteiger partial charge on any atom is -0.339 e. The molecule has 4 nitrogen and oxygen atoms in total. The van der Waals surface area contributed by atoms with Crippen LogP contribution in [0.3, 0.4) is 0 Å². The zero-order valence-corrected chi connectivity index (χ0v) is 16.7. The van der Waals surface area contributed by atoms with Crippen LogP contribution < -0.4 is 0 Å². The van der Waals surface area contributed by atoms with Crippen molar-refractivity contribution in [1.29, 1.82) is 0 Å². The summed E-state index contributed by atoms with van der Waals surface area (Å²) in [5.74, 6) is 0.731. The van der Waals surface area contributed by atoms with Gasteiger partial charge in [0.2, 0.25) is 11.8 Å². The second kappa shape index (κ2) is 7.65. The van der Waals surface area contributed by atoms with Crippen LogP contribution in [-0.4, -0.2) is 40.7 Å². The van der Waals surface area contributed by atoms with Gasteiger partial charge in [0.1, 0.15) is 0 Å². The number of hydrogen-bond donors (Lipinski definition) is 0. The first-order valence-electron chi connectivity index (χ1n) is 10.7. The fourth-order valence-corrected chi connectivity index (χ4v) is 5.03. The quantitative estimate of drug-likeness (QED) is 0.812. The summed E-state index contributed by atoms with van der Waals surface area (Å²) >= 11 is 0. The number of hydrogen-bond acceptors (Lipinski definition) is 2. The van der Waals surface area contributed by atoms with E-state index in [-0.39, 0.29) is 17.7 Å². The van der Waals surface area contributed by atoms with E-state index in [9.17, 15) is 9.59 Å². The van der Waals surface area contributed by atoms with Crippen molar-refractivity contribution in [2.45, 2.75) is 77.3 Å². The van der Waals surface area contributed by atoms with Gasteiger partial charge in [-0.25, -0.2) is 0 Å². The average Bonchev–Trinajstić information content (AvgIpc) is 3.08. The molecule has 2 amide bonds. The molecule has 2 aliphatic heterocycles. The highest BCUT2D eigenvalue weighted by molar-refractivity contribution is 5.89. The topological polar surface area (TPSA) is 40.6 Å². The summed E-state index contributed by atoms with van der Waals surface area (Å²) in [4.78, 5) is 29.7. The number of carbonyl (C=O) groups excluding carboxylic acids is 2. The van der Waals surface area contributed by atoms with Gasteiger partial charge in [0.25, 0.3) is 0 Å². The van der Waals surface area contributed by atoms with E-state index >= 15 is 0 Å². The molecule has 1 atom stereocenters. The maximum atomic E-state index is 13.1. The normalized spacial score (nSPS) is 23.8. The Kier molecular flexibility index (Phi) is 5.25. The van der Waals surface area contributed by atoms with E-state index in [1.165, 1.54) is 36.0 Å². The van der Waals surface area contributed by atoms with Crippen molar-refractivity contribution in [2.75, 3.05) is 13.1 Å². The Labute approximate surface area is 162 Å². The molecule has 2 fully saturated rings. The molecule has 1 aliphatic carbocycles. The highest BCUT2D eigenvalue weighted by atomic mass is 16.2. The lowest BCUT2D eigenvalue weighted by Gasteiger charge is -2.33. The predicted octanol–water partition coefficient (Wildman–Crippen LogP) is 3.88. The van der Waals surface area contributed by atoms with Gasteiger partial charge in [-0.15, -0.1) is 0 Å². The van der Waals surface area contributed by atoms with Gasteiger partial charge in [0.15, 0.2) is 0 Å². The van der Waals surface area contributed by atoms with Crippen LogP contribution in [0.1, 0.15) is 75.0 Å². The van der Waals surface area contributed by atoms with Gasteiger partial charge in [0, 0.05) is 32.1 Å². The number of rotatable bonds is 3. The Morgan fingerprint density at radius 3 is 2.63 bits per heavy atom. The molecule has 27 heavy (non-hydrogen) atoms. The van der Waals surface area contributed by atoms with Gasteiger partial charge < -0.3 is 9.80 Å². The Bertz CT molecular complexity index is 721. The van der Waals surface area contributed by atoms with Crippen LogP contribution in [0.5, 0.6) is 0 Å². The van der Waals surface area contributed by atoms with E-state index in [1.807, 2.05) is 9.80 Å². The molecule has 1 aromatic rings. The van der Waals surface area contributed by atoms with Crippen LogP contribution in [0.4, 0.5) is 0 Å². The van der Waals surface area contributed by atoms with Crippen molar-refractivity contribution in [1.82, 2.24) is 9.80 Å². The van der Waals surface area contributed by atoms with E-state index in [2.05, 4.69) is 32.0 Å². The fourth-order valence-electron chi connectivity index (χ4n) is 5.03. The smallest absolute Gasteiger partial charge is 0.228 e. The van der Waals surface area contributed by atoms with E-state index < -0.39 is 0 Å². The van der Waals surface area contributed by atoms with Crippen LogP contribution >= 0.6 is 0 Å². The second-order valence-corrected chi connectivity index (χ2v) is 8.93. The number of fused-ring (bicyclic) bond motifs is 1. The van der Waals surface area contributed by atoms with Gasteiger partial charge in [0.05, 0.1) is 5.92 Å². The van der Waals surface area contributed by atoms with Crippen molar-refractivity contribution in [2.24, 2.45) is 5.92 Å². The molecule has 0 N–H and O–H groups in total. The molecule has 0 aromatic heterocycles. The monoisotopic (exact) mass is 368 g/mol. The van der Waals surface area contributed by atoms with Gasteiger partial charge in [-0.2, -0.15) is 0 Å². The fraction of sp³-hybridized carbons (Fsp3) is 0.652. The minimum absolute atomic E-state index is 0.144. The number of carbonyl (C=O) groups is 2. The first-order valence-corrected chi connectivity index (χ1v) is 10.7. The summed E-state index contributed by atoms with van der Waals surface area (Å²) in [5, 5.41) is 0. The molecule has 4 rings (SSSR count). The van der Waals surface area contributed by atoms with E-state index in [0.29, 0.717) is 31.5 Å².